The fourth-order valence-electron chi connectivity index (χ4n) is 1.64. The van der Waals surface area contributed by atoms with Gasteiger partial charge in [0.05, 0.1) is 4.47 Å². The Morgan fingerprint density at radius 1 is 1.05 bits per heavy atom. The van der Waals surface area contributed by atoms with E-state index in [4.69, 9.17) is 0 Å². The smallest absolute Gasteiger partial charge is 0.195 e. The largest absolute Gasteiger partial charge is 0.289 e. The number of rotatable bonds is 2. The summed E-state index contributed by atoms with van der Waals surface area (Å²) in [5.41, 5.74) is 1.81. The highest BCUT2D eigenvalue weighted by molar-refractivity contribution is 9.11. The summed E-state index contributed by atoms with van der Waals surface area (Å²) in [7, 11) is 0. The second-order valence-corrected chi connectivity index (χ2v) is 6.51. The SMILES string of the molecule is Cc1cc(Br)c(C(=O)c2cccc(F)c2Br)cc1Br. The molecule has 0 saturated carbocycles. The fourth-order valence-corrected chi connectivity index (χ4v) is 3.07. The van der Waals surface area contributed by atoms with Gasteiger partial charge in [-0.3, -0.25) is 4.79 Å². The normalized spacial score (nSPS) is 10.6. The van der Waals surface area contributed by atoms with Crippen LogP contribution >= 0.6 is 47.8 Å². The van der Waals surface area contributed by atoms with Gasteiger partial charge in [0.15, 0.2) is 5.78 Å². The molecule has 2 aromatic carbocycles. The molecule has 0 amide bonds. The van der Waals surface area contributed by atoms with Crippen LogP contribution in [0.2, 0.25) is 0 Å². The molecule has 0 heterocycles. The summed E-state index contributed by atoms with van der Waals surface area (Å²) in [4.78, 5) is 12.5. The predicted octanol–water partition coefficient (Wildman–Crippen LogP) is 5.65. The Morgan fingerprint density at radius 2 is 1.74 bits per heavy atom. The second kappa shape index (κ2) is 5.85. The maximum atomic E-state index is 13.5. The van der Waals surface area contributed by atoms with Crippen molar-refractivity contribution in [3.63, 3.8) is 0 Å². The van der Waals surface area contributed by atoms with Crippen LogP contribution in [0, 0.1) is 12.7 Å². The molecule has 2 aromatic rings. The number of carbonyl (C=O) groups excluding carboxylic acids is 1. The lowest BCUT2D eigenvalue weighted by Gasteiger charge is -2.09. The van der Waals surface area contributed by atoms with E-state index in [1.54, 1.807) is 12.1 Å². The van der Waals surface area contributed by atoms with Gasteiger partial charge in [-0.15, -0.1) is 0 Å². The molecule has 1 nitrogen and oxygen atoms in total. The molecule has 0 saturated heterocycles. The van der Waals surface area contributed by atoms with Crippen LogP contribution in [0.5, 0.6) is 0 Å². The molecule has 0 aromatic heterocycles. The van der Waals surface area contributed by atoms with Crippen LogP contribution in [-0.4, -0.2) is 5.78 Å². The Morgan fingerprint density at radius 3 is 2.42 bits per heavy atom. The molecule has 0 aliphatic carbocycles. The number of halogens is 4. The summed E-state index contributed by atoms with van der Waals surface area (Å²) < 4.78 is 15.2. The molecule has 0 fully saturated rings. The van der Waals surface area contributed by atoms with Crippen LogP contribution in [0.25, 0.3) is 0 Å². The van der Waals surface area contributed by atoms with E-state index in [1.165, 1.54) is 12.1 Å². The van der Waals surface area contributed by atoms with Gasteiger partial charge in [-0.1, -0.05) is 37.9 Å². The van der Waals surface area contributed by atoms with Gasteiger partial charge < -0.3 is 0 Å². The van der Waals surface area contributed by atoms with E-state index >= 15 is 0 Å². The Kier molecular flexibility index (Phi) is 4.58. The molecule has 0 aliphatic heterocycles. The average molecular weight is 451 g/mol. The first-order valence-corrected chi connectivity index (χ1v) is 7.74. The van der Waals surface area contributed by atoms with Gasteiger partial charge in [-0.2, -0.15) is 0 Å². The van der Waals surface area contributed by atoms with E-state index in [-0.39, 0.29) is 10.3 Å². The van der Waals surface area contributed by atoms with Crippen molar-refractivity contribution in [1.29, 1.82) is 0 Å². The zero-order valence-electron chi connectivity index (χ0n) is 9.81. The Hall–Kier alpha value is -0.520. The second-order valence-electron chi connectivity index (χ2n) is 4.01. The number of aryl methyl sites for hydroxylation is 1. The molecule has 0 radical (unpaired) electrons. The van der Waals surface area contributed by atoms with Crippen LogP contribution in [0.4, 0.5) is 4.39 Å². The number of carbonyl (C=O) groups is 1. The summed E-state index contributed by atoms with van der Waals surface area (Å²) in [5.74, 6) is -0.688. The van der Waals surface area contributed by atoms with Gasteiger partial charge in [0.2, 0.25) is 0 Å². The van der Waals surface area contributed by atoms with Gasteiger partial charge in [0.25, 0.3) is 0 Å². The third kappa shape index (κ3) is 2.98. The molecular weight excluding hydrogens is 443 g/mol. The molecular formula is C14H8Br3FO. The van der Waals surface area contributed by atoms with Crippen molar-refractivity contribution in [2.24, 2.45) is 0 Å². The van der Waals surface area contributed by atoms with Gasteiger partial charge in [0.1, 0.15) is 5.82 Å². The molecule has 0 aliphatic rings. The first-order valence-electron chi connectivity index (χ1n) is 5.36. The lowest BCUT2D eigenvalue weighted by molar-refractivity contribution is 0.103. The first kappa shape index (κ1) is 14.9. The quantitative estimate of drug-likeness (QED) is 0.540. The standard InChI is InChI=1S/C14H8Br3FO/c1-7-5-11(16)9(6-10(7)15)14(19)8-3-2-4-12(18)13(8)17/h2-6H,1H3. The van der Waals surface area contributed by atoms with Crippen molar-refractivity contribution in [2.75, 3.05) is 0 Å². The zero-order chi connectivity index (χ0) is 14.2. The highest BCUT2D eigenvalue weighted by Crippen LogP contribution is 2.30. The minimum absolute atomic E-state index is 0.184. The van der Waals surface area contributed by atoms with Crippen LogP contribution in [0.15, 0.2) is 43.7 Å². The number of hydrogen-bond donors (Lipinski definition) is 0. The van der Waals surface area contributed by atoms with Crippen LogP contribution < -0.4 is 0 Å². The molecule has 19 heavy (non-hydrogen) atoms. The summed E-state index contributed by atoms with van der Waals surface area (Å²) in [6.45, 7) is 1.93. The van der Waals surface area contributed by atoms with E-state index in [9.17, 15) is 9.18 Å². The molecule has 98 valence electrons. The maximum Gasteiger partial charge on any atom is 0.195 e. The van der Waals surface area contributed by atoms with Gasteiger partial charge >= 0.3 is 0 Å². The van der Waals surface area contributed by atoms with E-state index in [0.717, 1.165) is 10.0 Å². The average Bonchev–Trinajstić information content (AvgIpc) is 2.36. The zero-order valence-corrected chi connectivity index (χ0v) is 14.6. The molecule has 0 spiro atoms. The summed E-state index contributed by atoms with van der Waals surface area (Å²) in [5, 5.41) is 0. The van der Waals surface area contributed by atoms with E-state index < -0.39 is 5.82 Å². The van der Waals surface area contributed by atoms with Crippen LogP contribution in [0.1, 0.15) is 21.5 Å². The Labute approximate surface area is 135 Å². The molecule has 2 rings (SSSR count). The Bertz CT molecular complexity index is 668. The van der Waals surface area contributed by atoms with Gasteiger partial charge in [-0.25, -0.2) is 4.39 Å². The lowest BCUT2D eigenvalue weighted by atomic mass is 10.0. The number of benzene rings is 2. The molecule has 0 unspecified atom stereocenters. The van der Waals surface area contributed by atoms with Crippen molar-refractivity contribution in [3.8, 4) is 0 Å². The van der Waals surface area contributed by atoms with E-state index in [2.05, 4.69) is 47.8 Å². The minimum Gasteiger partial charge on any atom is -0.289 e. The van der Waals surface area contributed by atoms with Crippen molar-refractivity contribution in [1.82, 2.24) is 0 Å². The Balaban J connectivity index is 2.56. The van der Waals surface area contributed by atoms with E-state index in [1.807, 2.05) is 13.0 Å². The third-order valence-electron chi connectivity index (χ3n) is 2.69. The molecule has 0 bridgehead atoms. The third-order valence-corrected chi connectivity index (χ3v) is 5.01. The highest BCUT2D eigenvalue weighted by atomic mass is 79.9. The molecule has 0 atom stereocenters. The lowest BCUT2D eigenvalue weighted by Crippen LogP contribution is -2.05. The summed E-state index contributed by atoms with van der Waals surface area (Å²) in [6.07, 6.45) is 0. The highest BCUT2D eigenvalue weighted by Gasteiger charge is 2.18. The van der Waals surface area contributed by atoms with Gasteiger partial charge in [-0.05, 0) is 52.7 Å². The molecule has 5 heteroatoms. The van der Waals surface area contributed by atoms with E-state index in [0.29, 0.717) is 15.6 Å². The first-order chi connectivity index (χ1) is 8.91. The van der Waals surface area contributed by atoms with Crippen molar-refractivity contribution in [2.45, 2.75) is 6.92 Å². The summed E-state index contributed by atoms with van der Waals surface area (Å²) in [6, 6.07) is 8.00. The molecule has 0 N–H and O–H groups in total. The number of ketones is 1. The monoisotopic (exact) mass is 448 g/mol. The number of hydrogen-bond acceptors (Lipinski definition) is 1. The van der Waals surface area contributed by atoms with Crippen molar-refractivity contribution in [3.05, 3.63) is 66.3 Å². The van der Waals surface area contributed by atoms with Crippen molar-refractivity contribution >= 4 is 53.6 Å². The van der Waals surface area contributed by atoms with Gasteiger partial charge in [0, 0.05) is 20.1 Å². The maximum absolute atomic E-state index is 13.5. The topological polar surface area (TPSA) is 17.1 Å². The minimum atomic E-state index is -0.451. The fraction of sp³-hybridized carbons (Fsp3) is 0.0714. The van der Waals surface area contributed by atoms with Crippen LogP contribution in [0.3, 0.4) is 0 Å². The van der Waals surface area contributed by atoms with Crippen molar-refractivity contribution < 1.29 is 9.18 Å². The van der Waals surface area contributed by atoms with Crippen LogP contribution in [-0.2, 0) is 0 Å². The predicted molar refractivity (Wildman–Crippen MR) is 84.1 cm³/mol. The summed E-state index contributed by atoms with van der Waals surface area (Å²) >= 11 is 9.88.